The summed E-state index contributed by atoms with van der Waals surface area (Å²) in [5.41, 5.74) is 3.26. The molecule has 5 nitrogen and oxygen atoms in total. The summed E-state index contributed by atoms with van der Waals surface area (Å²) >= 11 is 0. The van der Waals surface area contributed by atoms with Crippen molar-refractivity contribution >= 4 is 5.97 Å². The number of carboxylic acid groups (broad SMARTS) is 1. The summed E-state index contributed by atoms with van der Waals surface area (Å²) in [4.78, 5) is 17.7. The average molecular weight is 324 g/mol. The Balaban J connectivity index is 1.54. The SMILES string of the molecule is O=C(O)c1cccc(CN2CCCC3(C2)OCc2ccccc23)n1. The third-order valence-electron chi connectivity index (χ3n) is 4.96. The van der Waals surface area contributed by atoms with Gasteiger partial charge < -0.3 is 9.84 Å². The Morgan fingerprint density at radius 1 is 1.25 bits per heavy atom. The van der Waals surface area contributed by atoms with Crippen LogP contribution in [0.15, 0.2) is 42.5 Å². The van der Waals surface area contributed by atoms with Gasteiger partial charge in [-0.3, -0.25) is 4.90 Å². The zero-order chi connectivity index (χ0) is 16.6. The Bertz CT molecular complexity index is 773. The fourth-order valence-electron chi connectivity index (χ4n) is 3.88. The van der Waals surface area contributed by atoms with Crippen LogP contribution in [0.2, 0.25) is 0 Å². The van der Waals surface area contributed by atoms with Gasteiger partial charge in [-0.05, 0) is 42.6 Å². The number of fused-ring (bicyclic) bond motifs is 2. The van der Waals surface area contributed by atoms with Crippen molar-refractivity contribution < 1.29 is 14.6 Å². The molecule has 124 valence electrons. The standard InChI is InChI=1S/C19H20N2O3/c22-18(23)17-8-3-6-15(20-17)11-21-10-4-9-19(13-21)16-7-2-1-5-14(16)12-24-19/h1-3,5-8H,4,9-13H2,(H,22,23). The lowest BCUT2D eigenvalue weighted by Crippen LogP contribution is -2.45. The molecule has 0 radical (unpaired) electrons. The van der Waals surface area contributed by atoms with Gasteiger partial charge in [-0.15, -0.1) is 0 Å². The maximum atomic E-state index is 11.1. The number of rotatable bonds is 3. The molecule has 2 aromatic rings. The quantitative estimate of drug-likeness (QED) is 0.940. The number of piperidine rings is 1. The van der Waals surface area contributed by atoms with Crippen LogP contribution in [0, 0.1) is 0 Å². The van der Waals surface area contributed by atoms with E-state index in [2.05, 4.69) is 34.1 Å². The number of hydrogen-bond acceptors (Lipinski definition) is 4. The number of hydrogen-bond donors (Lipinski definition) is 1. The molecule has 0 aliphatic carbocycles. The molecule has 2 aliphatic rings. The molecule has 5 heteroatoms. The van der Waals surface area contributed by atoms with Crippen molar-refractivity contribution in [1.82, 2.24) is 9.88 Å². The summed E-state index contributed by atoms with van der Waals surface area (Å²) in [6, 6.07) is 13.6. The maximum Gasteiger partial charge on any atom is 0.354 e. The minimum Gasteiger partial charge on any atom is -0.477 e. The lowest BCUT2D eigenvalue weighted by molar-refractivity contribution is -0.0873. The number of aromatic nitrogens is 1. The van der Waals surface area contributed by atoms with Crippen molar-refractivity contribution in [3.63, 3.8) is 0 Å². The largest absolute Gasteiger partial charge is 0.477 e. The molecular formula is C19H20N2O3. The van der Waals surface area contributed by atoms with Gasteiger partial charge in [0, 0.05) is 13.1 Å². The molecule has 2 aliphatic heterocycles. The van der Waals surface area contributed by atoms with Gasteiger partial charge >= 0.3 is 5.97 Å². The van der Waals surface area contributed by atoms with Gasteiger partial charge in [0.15, 0.2) is 0 Å². The molecule has 1 N–H and O–H groups in total. The Morgan fingerprint density at radius 2 is 2.12 bits per heavy atom. The van der Waals surface area contributed by atoms with E-state index in [1.807, 2.05) is 6.07 Å². The van der Waals surface area contributed by atoms with E-state index in [4.69, 9.17) is 9.84 Å². The van der Waals surface area contributed by atoms with E-state index in [-0.39, 0.29) is 11.3 Å². The van der Waals surface area contributed by atoms with Gasteiger partial charge in [-0.1, -0.05) is 30.3 Å². The van der Waals surface area contributed by atoms with E-state index >= 15 is 0 Å². The van der Waals surface area contributed by atoms with Gasteiger partial charge in [0.05, 0.1) is 12.3 Å². The molecular weight excluding hydrogens is 304 g/mol. The third-order valence-corrected chi connectivity index (χ3v) is 4.96. The van der Waals surface area contributed by atoms with Gasteiger partial charge in [-0.25, -0.2) is 9.78 Å². The van der Waals surface area contributed by atoms with Gasteiger partial charge in [-0.2, -0.15) is 0 Å². The minimum absolute atomic E-state index is 0.0988. The number of carboxylic acids is 1. The van der Waals surface area contributed by atoms with E-state index in [9.17, 15) is 4.79 Å². The van der Waals surface area contributed by atoms with E-state index in [1.165, 1.54) is 17.2 Å². The van der Waals surface area contributed by atoms with Crippen LogP contribution >= 0.6 is 0 Å². The van der Waals surface area contributed by atoms with Crippen molar-refractivity contribution in [3.8, 4) is 0 Å². The first-order chi connectivity index (χ1) is 11.7. The number of aromatic carboxylic acids is 1. The van der Waals surface area contributed by atoms with Crippen LogP contribution < -0.4 is 0 Å². The predicted molar refractivity (Wildman–Crippen MR) is 88.6 cm³/mol. The molecule has 24 heavy (non-hydrogen) atoms. The zero-order valence-electron chi connectivity index (χ0n) is 13.4. The summed E-state index contributed by atoms with van der Waals surface area (Å²) in [7, 11) is 0. The maximum absolute atomic E-state index is 11.1. The van der Waals surface area contributed by atoms with E-state index in [1.54, 1.807) is 6.07 Å². The Labute approximate surface area is 140 Å². The monoisotopic (exact) mass is 324 g/mol. The second kappa shape index (κ2) is 6.00. The van der Waals surface area contributed by atoms with Crippen LogP contribution in [0.3, 0.4) is 0 Å². The molecule has 1 unspecified atom stereocenters. The zero-order valence-corrected chi connectivity index (χ0v) is 13.4. The molecule has 1 aromatic heterocycles. The highest BCUT2D eigenvalue weighted by molar-refractivity contribution is 5.85. The molecule has 0 amide bonds. The fraction of sp³-hybridized carbons (Fsp3) is 0.368. The van der Waals surface area contributed by atoms with Gasteiger partial charge in [0.1, 0.15) is 11.3 Å². The highest BCUT2D eigenvalue weighted by atomic mass is 16.5. The van der Waals surface area contributed by atoms with Gasteiger partial charge in [0.2, 0.25) is 0 Å². The molecule has 1 atom stereocenters. The van der Waals surface area contributed by atoms with E-state index in [0.717, 1.165) is 31.6 Å². The van der Waals surface area contributed by atoms with Crippen molar-refractivity contribution in [2.75, 3.05) is 13.1 Å². The summed E-state index contributed by atoms with van der Waals surface area (Å²) in [5.74, 6) is -0.986. The first-order valence-corrected chi connectivity index (χ1v) is 8.30. The summed E-state index contributed by atoms with van der Waals surface area (Å²) in [6.45, 7) is 3.13. The summed E-state index contributed by atoms with van der Waals surface area (Å²) in [6.07, 6.45) is 2.09. The molecule has 1 fully saturated rings. The van der Waals surface area contributed by atoms with Crippen LogP contribution in [0.1, 0.15) is 40.2 Å². The highest BCUT2D eigenvalue weighted by Crippen LogP contribution is 2.42. The van der Waals surface area contributed by atoms with E-state index in [0.29, 0.717) is 13.2 Å². The van der Waals surface area contributed by atoms with Crippen LogP contribution in [0.5, 0.6) is 0 Å². The number of pyridine rings is 1. The van der Waals surface area contributed by atoms with Crippen molar-refractivity contribution in [2.45, 2.75) is 31.6 Å². The number of carbonyl (C=O) groups is 1. The lowest BCUT2D eigenvalue weighted by atomic mass is 9.85. The Hall–Kier alpha value is -2.24. The smallest absolute Gasteiger partial charge is 0.354 e. The third kappa shape index (κ3) is 2.70. The van der Waals surface area contributed by atoms with Gasteiger partial charge in [0.25, 0.3) is 0 Å². The number of ether oxygens (including phenoxy) is 1. The molecule has 0 bridgehead atoms. The average Bonchev–Trinajstić information content (AvgIpc) is 2.94. The number of likely N-dealkylation sites (tertiary alicyclic amines) is 1. The van der Waals surface area contributed by atoms with Crippen LogP contribution in [-0.2, 0) is 23.5 Å². The topological polar surface area (TPSA) is 62.7 Å². The van der Waals surface area contributed by atoms with Crippen molar-refractivity contribution in [2.24, 2.45) is 0 Å². The molecule has 4 rings (SSSR count). The normalized spacial score (nSPS) is 23.3. The van der Waals surface area contributed by atoms with Crippen molar-refractivity contribution in [3.05, 3.63) is 65.0 Å². The fourth-order valence-corrected chi connectivity index (χ4v) is 3.88. The Morgan fingerprint density at radius 3 is 3.00 bits per heavy atom. The highest BCUT2D eigenvalue weighted by Gasteiger charge is 2.43. The van der Waals surface area contributed by atoms with Crippen molar-refractivity contribution in [1.29, 1.82) is 0 Å². The first-order valence-electron chi connectivity index (χ1n) is 8.30. The minimum atomic E-state index is -0.986. The molecule has 1 spiro atoms. The van der Waals surface area contributed by atoms with Crippen LogP contribution in [-0.4, -0.2) is 34.0 Å². The number of nitrogens with zero attached hydrogens (tertiary/aromatic N) is 2. The van der Waals surface area contributed by atoms with Crippen LogP contribution in [0.4, 0.5) is 0 Å². The predicted octanol–water partition coefficient (Wildman–Crippen LogP) is 2.80. The Kier molecular flexibility index (Phi) is 3.82. The summed E-state index contributed by atoms with van der Waals surface area (Å²) in [5, 5.41) is 9.10. The first kappa shape index (κ1) is 15.3. The van der Waals surface area contributed by atoms with Crippen LogP contribution in [0.25, 0.3) is 0 Å². The molecule has 0 saturated carbocycles. The van der Waals surface area contributed by atoms with E-state index < -0.39 is 5.97 Å². The number of benzene rings is 1. The second-order valence-corrected chi connectivity index (χ2v) is 6.57. The lowest BCUT2D eigenvalue weighted by Gasteiger charge is -2.40. The molecule has 1 aromatic carbocycles. The molecule has 3 heterocycles. The molecule has 1 saturated heterocycles. The summed E-state index contributed by atoms with van der Waals surface area (Å²) < 4.78 is 6.23. The second-order valence-electron chi connectivity index (χ2n) is 6.57.